The lowest BCUT2D eigenvalue weighted by Crippen LogP contribution is -2.59. The van der Waals surface area contributed by atoms with E-state index >= 15 is 0 Å². The van der Waals surface area contributed by atoms with Gasteiger partial charge in [0.2, 0.25) is 11.8 Å². The number of thiophene rings is 1. The number of piperazine rings is 1. The van der Waals surface area contributed by atoms with Gasteiger partial charge >= 0.3 is 0 Å². The summed E-state index contributed by atoms with van der Waals surface area (Å²) < 4.78 is 60.9. The van der Waals surface area contributed by atoms with Gasteiger partial charge < -0.3 is 53.4 Å². The highest BCUT2D eigenvalue weighted by Gasteiger charge is 2.38. The zero-order chi connectivity index (χ0) is 50.0. The highest BCUT2D eigenvalue weighted by atomic mass is 32.1. The molecule has 2 N–H and O–H groups in total. The van der Waals surface area contributed by atoms with Gasteiger partial charge in [-0.1, -0.05) is 19.3 Å². The molecule has 3 fully saturated rings. The molecular weight excluding hydrogens is 941 g/mol. The maximum absolute atomic E-state index is 14.8. The minimum atomic E-state index is -1.15. The van der Waals surface area contributed by atoms with E-state index in [2.05, 4.69) is 25.7 Å². The summed E-state index contributed by atoms with van der Waals surface area (Å²) in [6.07, 6.45) is 8.48. The Labute approximate surface area is 415 Å². The maximum Gasteiger partial charge on any atom is 0.271 e. The van der Waals surface area contributed by atoms with Crippen LogP contribution in [0.4, 0.5) is 8.78 Å². The molecule has 384 valence electrons. The Bertz CT molecular complexity index is 2620. The summed E-state index contributed by atoms with van der Waals surface area (Å²) in [5, 5.41) is 12.1. The number of hydrogen-bond donors (Lipinski definition) is 2. The van der Waals surface area contributed by atoms with Crippen LogP contribution in [0.1, 0.15) is 78.5 Å². The lowest BCUT2D eigenvalue weighted by Gasteiger charge is -2.39. The van der Waals surface area contributed by atoms with Crippen LogP contribution in [-0.2, 0) is 32.7 Å². The minimum absolute atomic E-state index is 0.0152. The van der Waals surface area contributed by atoms with E-state index in [0.717, 1.165) is 86.1 Å². The average Bonchev–Trinajstić information content (AvgIpc) is 4.13. The Kier molecular flexibility index (Phi) is 17.5. The highest BCUT2D eigenvalue weighted by Crippen LogP contribution is 2.33. The van der Waals surface area contributed by atoms with Crippen molar-refractivity contribution in [1.82, 2.24) is 44.9 Å². The third-order valence-electron chi connectivity index (χ3n) is 13.9. The predicted molar refractivity (Wildman–Crippen MR) is 261 cm³/mol. The van der Waals surface area contributed by atoms with Crippen molar-refractivity contribution in [3.63, 3.8) is 0 Å². The molecule has 0 bridgehead atoms. The van der Waals surface area contributed by atoms with Crippen LogP contribution in [0, 0.1) is 17.6 Å². The summed E-state index contributed by atoms with van der Waals surface area (Å²) in [4.78, 5) is 66.8. The molecule has 71 heavy (non-hydrogen) atoms. The fourth-order valence-electron chi connectivity index (χ4n) is 9.62. The van der Waals surface area contributed by atoms with Gasteiger partial charge in [-0.05, 0) is 74.3 Å². The number of fused-ring (bicyclic) bond motifs is 2. The first-order valence-electron chi connectivity index (χ1n) is 24.6. The van der Waals surface area contributed by atoms with Gasteiger partial charge in [0.05, 0.1) is 60.3 Å². The number of rotatable bonds is 21. The number of nitrogens with one attached hydrogen (secondary N) is 2. The number of carbonyl (C=O) groups excluding carboxylic acids is 4. The third-order valence-corrected chi connectivity index (χ3v) is 14.8. The second-order valence-electron chi connectivity index (χ2n) is 18.5. The van der Waals surface area contributed by atoms with E-state index in [1.54, 1.807) is 61.5 Å². The van der Waals surface area contributed by atoms with E-state index in [-0.39, 0.29) is 112 Å². The Morgan fingerprint density at radius 3 is 2.35 bits per heavy atom. The molecule has 18 nitrogen and oxygen atoms in total. The molecule has 1 aliphatic carbocycles. The molecule has 3 aliphatic rings. The van der Waals surface area contributed by atoms with Crippen LogP contribution in [0.25, 0.3) is 21.1 Å². The number of amides is 4. The van der Waals surface area contributed by atoms with Crippen molar-refractivity contribution in [3.05, 3.63) is 70.6 Å². The summed E-state index contributed by atoms with van der Waals surface area (Å²) in [6.45, 7) is 6.13. The van der Waals surface area contributed by atoms with Crippen molar-refractivity contribution < 1.29 is 51.4 Å². The molecule has 0 radical (unpaired) electrons. The predicted octanol–water partition coefficient (Wildman–Crippen LogP) is 5.24. The molecule has 8 rings (SSSR count). The molecule has 2 aliphatic heterocycles. The number of pyridine rings is 1. The minimum Gasteiger partial charge on any atom is -0.489 e. The fourth-order valence-corrected chi connectivity index (χ4v) is 10.4. The van der Waals surface area contributed by atoms with Crippen LogP contribution < -0.4 is 20.1 Å². The summed E-state index contributed by atoms with van der Waals surface area (Å²) in [5.74, 6) is -1.76. The average molecular weight is 1010 g/mol. The molecule has 21 heteroatoms. The molecule has 1 aromatic carbocycles. The number of carbonyl (C=O) groups is 4. The van der Waals surface area contributed by atoms with Crippen LogP contribution in [0.2, 0.25) is 0 Å². The maximum atomic E-state index is 14.8. The van der Waals surface area contributed by atoms with Crippen LogP contribution in [0.15, 0.2) is 46.4 Å². The number of hydrogen-bond acceptors (Lipinski definition) is 14. The van der Waals surface area contributed by atoms with E-state index in [9.17, 15) is 28.0 Å². The second-order valence-corrected chi connectivity index (χ2v) is 19.5. The zero-order valence-electron chi connectivity index (χ0n) is 41.0. The largest absolute Gasteiger partial charge is 0.489 e. The number of likely N-dealkylation sites (tertiary alicyclic amines) is 1. The molecule has 0 unspecified atom stereocenters. The van der Waals surface area contributed by atoms with Crippen molar-refractivity contribution >= 4 is 56.1 Å². The lowest BCUT2D eigenvalue weighted by atomic mass is 9.83. The molecule has 2 atom stereocenters. The number of aryl methyl sites for hydroxylation is 1. The molecule has 0 spiro atoms. The summed E-state index contributed by atoms with van der Waals surface area (Å²) in [6, 6.07) is 6.50. The number of benzene rings is 1. The number of likely N-dealkylation sites (N-methyl/N-ethyl adjacent to an activating group) is 2. The third kappa shape index (κ3) is 12.5. The van der Waals surface area contributed by atoms with E-state index in [1.165, 1.54) is 9.47 Å². The Hall–Kier alpha value is -5.74. The number of piperidine rings is 1. The Balaban J connectivity index is 0.765. The van der Waals surface area contributed by atoms with Gasteiger partial charge in [0.1, 0.15) is 30.2 Å². The number of nitrogens with zero attached hydrogens (tertiary/aromatic N) is 7. The van der Waals surface area contributed by atoms with Gasteiger partial charge in [0.25, 0.3) is 17.7 Å². The molecule has 5 aromatic rings. The van der Waals surface area contributed by atoms with Gasteiger partial charge in [-0.25, -0.2) is 8.78 Å². The SMILES string of the molecule is CN[C@@H](C)C(=O)N[C@H](C(=O)N1CCN(C(=O)c2c(C(=O)N(C)CCOCCOCCOc3cc(CN4CCC(Oc5ccnc6ccsc56)CC4)on3)c3cc(F)c(F)cc3n2C)CC1)C1CCCCC1. The topological polar surface area (TPSA) is 186 Å². The monoisotopic (exact) mass is 1010 g/mol. The first-order valence-corrected chi connectivity index (χ1v) is 25.5. The molecule has 2 saturated heterocycles. The molecule has 4 aromatic heterocycles. The summed E-state index contributed by atoms with van der Waals surface area (Å²) in [7, 11) is 4.78. The molecule has 4 amide bonds. The lowest BCUT2D eigenvalue weighted by molar-refractivity contribution is -0.140. The van der Waals surface area contributed by atoms with Gasteiger partial charge in [0, 0.05) is 83.6 Å². The van der Waals surface area contributed by atoms with E-state index in [0.29, 0.717) is 18.2 Å². The van der Waals surface area contributed by atoms with Gasteiger partial charge in [-0.2, -0.15) is 0 Å². The number of halogens is 2. The van der Waals surface area contributed by atoms with Crippen LogP contribution >= 0.6 is 11.3 Å². The summed E-state index contributed by atoms with van der Waals surface area (Å²) >= 11 is 1.64. The van der Waals surface area contributed by atoms with Crippen LogP contribution in [0.3, 0.4) is 0 Å². The first kappa shape index (κ1) is 51.6. The van der Waals surface area contributed by atoms with Gasteiger partial charge in [0.15, 0.2) is 17.4 Å². The number of ether oxygens (including phenoxy) is 4. The highest BCUT2D eigenvalue weighted by molar-refractivity contribution is 7.17. The van der Waals surface area contributed by atoms with Crippen molar-refractivity contribution in [3.8, 4) is 11.6 Å². The smallest absolute Gasteiger partial charge is 0.271 e. The Morgan fingerprint density at radius 1 is 0.901 bits per heavy atom. The van der Waals surface area contributed by atoms with E-state index in [4.69, 9.17) is 23.5 Å². The molecule has 1 saturated carbocycles. The zero-order valence-corrected chi connectivity index (χ0v) is 41.8. The quantitative estimate of drug-likeness (QED) is 0.0911. The van der Waals surface area contributed by atoms with Gasteiger partial charge in [-0.15, -0.1) is 11.3 Å². The van der Waals surface area contributed by atoms with Crippen molar-refractivity contribution in [2.45, 2.75) is 76.6 Å². The van der Waals surface area contributed by atoms with Crippen LogP contribution in [-0.4, -0.2) is 169 Å². The standard InChI is InChI=1S/C50H65F2N9O9S/c1-32(53-2)47(62)55-44(33-8-6-5-7-9-33)49(64)60-17-19-61(20-18-60)50(65)45-43(36-29-37(51)38(52)30-40(36)58(45)4)48(63)57(3)21-22-66-23-24-67-25-26-68-42-28-35(70-56-42)31-59-15-11-34(12-16-59)69-41-10-14-54-39-13-27-71-46(39)41/h10,13-14,27-30,32-34,44,53H,5-9,11-12,15-26,31H2,1-4H3,(H,55,62)/t32-,44-/m0/s1. The van der Waals surface area contributed by atoms with Gasteiger partial charge in [-0.3, -0.25) is 29.1 Å². The first-order chi connectivity index (χ1) is 34.4. The van der Waals surface area contributed by atoms with Crippen molar-refractivity contribution in [2.24, 2.45) is 13.0 Å². The Morgan fingerprint density at radius 2 is 1.61 bits per heavy atom. The normalized spacial score (nSPS) is 17.2. The molecular formula is C50H65F2N9O9S. The van der Waals surface area contributed by atoms with Crippen molar-refractivity contribution in [1.29, 1.82) is 0 Å². The van der Waals surface area contributed by atoms with E-state index in [1.807, 2.05) is 17.5 Å². The summed E-state index contributed by atoms with van der Waals surface area (Å²) in [5.41, 5.74) is 1.07. The van der Waals surface area contributed by atoms with Crippen LogP contribution in [0.5, 0.6) is 11.6 Å². The number of aromatic nitrogens is 3. The van der Waals surface area contributed by atoms with Crippen molar-refractivity contribution in [2.75, 3.05) is 92.9 Å². The second kappa shape index (κ2) is 24.1. The fraction of sp³-hybridized carbons (Fsp3) is 0.560. The molecule has 6 heterocycles. The van der Waals surface area contributed by atoms with E-state index < -0.39 is 35.5 Å².